The van der Waals surface area contributed by atoms with Gasteiger partial charge in [0.2, 0.25) is 0 Å². The summed E-state index contributed by atoms with van der Waals surface area (Å²) in [6, 6.07) is 20.3. The van der Waals surface area contributed by atoms with E-state index in [2.05, 4.69) is 5.32 Å². The van der Waals surface area contributed by atoms with Gasteiger partial charge >= 0.3 is 0 Å². The molecule has 120 valence electrons. The van der Waals surface area contributed by atoms with Crippen LogP contribution >= 0.6 is 0 Å². The van der Waals surface area contributed by atoms with Crippen LogP contribution in [-0.4, -0.2) is 10.5 Å². The molecule has 4 heteroatoms. The Morgan fingerprint density at radius 1 is 0.917 bits per heavy atom. The normalized spacial score (nSPS) is 10.4. The topological polar surface area (TPSA) is 51.1 Å². The Bertz CT molecular complexity index is 929. The van der Waals surface area contributed by atoms with Crippen molar-refractivity contribution in [1.82, 2.24) is 4.57 Å². The largest absolute Gasteiger partial charge is 0.322 e. The third-order valence-corrected chi connectivity index (χ3v) is 3.91. The molecule has 0 aliphatic carbocycles. The first-order valence-corrected chi connectivity index (χ1v) is 7.73. The molecule has 0 fully saturated rings. The van der Waals surface area contributed by atoms with E-state index < -0.39 is 5.91 Å². The van der Waals surface area contributed by atoms with E-state index in [9.17, 15) is 9.59 Å². The third kappa shape index (κ3) is 2.99. The van der Waals surface area contributed by atoms with Gasteiger partial charge in [-0.15, -0.1) is 0 Å². The number of nitrogens with one attached hydrogen (secondary N) is 1. The maximum atomic E-state index is 12.6. The number of anilines is 1. The Hall–Kier alpha value is -3.14. The SMILES string of the molecule is Cc1cc(=O)c(C(=O)Nc2ccccc2)c(C)n1-c1ccccc1. The van der Waals surface area contributed by atoms with Crippen LogP contribution in [0.5, 0.6) is 0 Å². The van der Waals surface area contributed by atoms with E-state index in [4.69, 9.17) is 0 Å². The summed E-state index contributed by atoms with van der Waals surface area (Å²) in [4.78, 5) is 25.0. The average Bonchev–Trinajstić information content (AvgIpc) is 2.56. The van der Waals surface area contributed by atoms with Gasteiger partial charge in [-0.1, -0.05) is 36.4 Å². The molecule has 0 spiro atoms. The van der Waals surface area contributed by atoms with Crippen LogP contribution in [0, 0.1) is 13.8 Å². The summed E-state index contributed by atoms with van der Waals surface area (Å²) in [5.74, 6) is -0.395. The van der Waals surface area contributed by atoms with Crippen molar-refractivity contribution in [2.45, 2.75) is 13.8 Å². The van der Waals surface area contributed by atoms with Crippen molar-refractivity contribution in [1.29, 1.82) is 0 Å². The zero-order valence-electron chi connectivity index (χ0n) is 13.6. The van der Waals surface area contributed by atoms with Crippen LogP contribution in [0.15, 0.2) is 71.5 Å². The van der Waals surface area contributed by atoms with Crippen LogP contribution in [0.1, 0.15) is 21.7 Å². The van der Waals surface area contributed by atoms with E-state index in [0.717, 1.165) is 11.4 Å². The van der Waals surface area contributed by atoms with Crippen LogP contribution < -0.4 is 10.7 Å². The molecule has 2 aromatic carbocycles. The minimum atomic E-state index is -0.395. The summed E-state index contributed by atoms with van der Waals surface area (Å²) in [6.45, 7) is 3.65. The highest BCUT2D eigenvalue weighted by molar-refractivity contribution is 6.05. The molecule has 1 amide bonds. The predicted molar refractivity (Wildman–Crippen MR) is 95.9 cm³/mol. The summed E-state index contributed by atoms with van der Waals surface area (Å²) in [7, 11) is 0. The molecule has 0 atom stereocenters. The second kappa shape index (κ2) is 6.54. The highest BCUT2D eigenvalue weighted by Crippen LogP contribution is 2.17. The van der Waals surface area contributed by atoms with Crippen molar-refractivity contribution < 1.29 is 4.79 Å². The second-order valence-electron chi connectivity index (χ2n) is 5.60. The van der Waals surface area contributed by atoms with Crippen LogP contribution in [-0.2, 0) is 0 Å². The fourth-order valence-electron chi connectivity index (χ4n) is 2.85. The molecule has 1 aromatic heterocycles. The minimum Gasteiger partial charge on any atom is -0.322 e. The van der Waals surface area contributed by atoms with E-state index in [0.29, 0.717) is 11.4 Å². The van der Waals surface area contributed by atoms with Crippen molar-refractivity contribution in [3.63, 3.8) is 0 Å². The first-order chi connectivity index (χ1) is 11.6. The van der Waals surface area contributed by atoms with Crippen LogP contribution in [0.25, 0.3) is 5.69 Å². The summed E-state index contributed by atoms with van der Waals surface area (Å²) < 4.78 is 1.92. The maximum absolute atomic E-state index is 12.6. The summed E-state index contributed by atoms with van der Waals surface area (Å²) in [5, 5.41) is 2.79. The molecule has 0 saturated heterocycles. The highest BCUT2D eigenvalue weighted by Gasteiger charge is 2.18. The van der Waals surface area contributed by atoms with Gasteiger partial charge in [-0.05, 0) is 38.1 Å². The number of hydrogen-bond acceptors (Lipinski definition) is 2. The quantitative estimate of drug-likeness (QED) is 0.800. The van der Waals surface area contributed by atoms with Gasteiger partial charge in [-0.3, -0.25) is 9.59 Å². The number of nitrogens with zero attached hydrogens (tertiary/aromatic N) is 1. The lowest BCUT2D eigenvalue weighted by molar-refractivity contribution is 0.102. The highest BCUT2D eigenvalue weighted by atomic mass is 16.2. The third-order valence-electron chi connectivity index (χ3n) is 3.91. The van der Waals surface area contributed by atoms with Crippen LogP contribution in [0.2, 0.25) is 0 Å². The van der Waals surface area contributed by atoms with E-state index in [-0.39, 0.29) is 11.0 Å². The monoisotopic (exact) mass is 318 g/mol. The molecule has 4 nitrogen and oxygen atoms in total. The first kappa shape index (κ1) is 15.7. The van der Waals surface area contributed by atoms with E-state index in [1.54, 1.807) is 19.1 Å². The number of benzene rings is 2. The molecule has 0 unspecified atom stereocenters. The fraction of sp³-hybridized carbons (Fsp3) is 0.100. The zero-order valence-corrected chi connectivity index (χ0v) is 13.6. The fourth-order valence-corrected chi connectivity index (χ4v) is 2.85. The lowest BCUT2D eigenvalue weighted by Gasteiger charge is -2.17. The zero-order chi connectivity index (χ0) is 17.1. The van der Waals surface area contributed by atoms with Gasteiger partial charge in [0.1, 0.15) is 5.56 Å². The van der Waals surface area contributed by atoms with E-state index >= 15 is 0 Å². The lowest BCUT2D eigenvalue weighted by Crippen LogP contribution is -2.26. The molecule has 0 radical (unpaired) electrons. The number of amides is 1. The molecule has 0 saturated carbocycles. The number of hydrogen-bond donors (Lipinski definition) is 1. The van der Waals surface area contributed by atoms with E-state index in [1.165, 1.54) is 6.07 Å². The lowest BCUT2D eigenvalue weighted by atomic mass is 10.1. The Morgan fingerprint density at radius 2 is 1.50 bits per heavy atom. The van der Waals surface area contributed by atoms with Gasteiger partial charge in [0.25, 0.3) is 5.91 Å². The molecule has 24 heavy (non-hydrogen) atoms. The number of pyridine rings is 1. The van der Waals surface area contributed by atoms with Crippen molar-refractivity contribution in [2.75, 3.05) is 5.32 Å². The number of para-hydroxylation sites is 2. The Labute approximate surface area is 140 Å². The summed E-state index contributed by atoms with van der Waals surface area (Å²) in [5.41, 5.74) is 2.88. The number of rotatable bonds is 3. The predicted octanol–water partition coefficient (Wildman–Crippen LogP) is 3.71. The van der Waals surface area contributed by atoms with Crippen molar-refractivity contribution in [3.05, 3.63) is 93.9 Å². The van der Waals surface area contributed by atoms with Gasteiger partial charge < -0.3 is 9.88 Å². The number of carbonyl (C=O) groups is 1. The molecule has 3 rings (SSSR count). The molecular weight excluding hydrogens is 300 g/mol. The van der Waals surface area contributed by atoms with Gasteiger partial charge in [0, 0.05) is 28.8 Å². The first-order valence-electron chi connectivity index (χ1n) is 7.73. The number of aromatic nitrogens is 1. The molecule has 0 bridgehead atoms. The Kier molecular flexibility index (Phi) is 4.29. The molecule has 0 aliphatic heterocycles. The molecule has 1 N–H and O–H groups in total. The van der Waals surface area contributed by atoms with Crippen LogP contribution in [0.3, 0.4) is 0 Å². The van der Waals surface area contributed by atoms with Gasteiger partial charge in [0.15, 0.2) is 5.43 Å². The van der Waals surface area contributed by atoms with Gasteiger partial charge in [-0.25, -0.2) is 0 Å². The van der Waals surface area contributed by atoms with Gasteiger partial charge in [-0.2, -0.15) is 0 Å². The maximum Gasteiger partial charge on any atom is 0.261 e. The van der Waals surface area contributed by atoms with Gasteiger partial charge in [0.05, 0.1) is 0 Å². The Balaban J connectivity index is 2.09. The second-order valence-corrected chi connectivity index (χ2v) is 5.60. The Morgan fingerprint density at radius 3 is 2.12 bits per heavy atom. The molecular formula is C20H18N2O2. The molecule has 1 heterocycles. The smallest absolute Gasteiger partial charge is 0.261 e. The molecule has 3 aromatic rings. The standard InChI is InChI=1S/C20H18N2O2/c1-14-13-18(23)19(20(24)21-16-9-5-3-6-10-16)15(2)22(14)17-11-7-4-8-12-17/h3-13H,1-2H3,(H,21,24). The van der Waals surface area contributed by atoms with Crippen molar-refractivity contribution >= 4 is 11.6 Å². The van der Waals surface area contributed by atoms with Crippen LogP contribution in [0.4, 0.5) is 5.69 Å². The number of carbonyl (C=O) groups excluding carboxylic acids is 1. The van der Waals surface area contributed by atoms with E-state index in [1.807, 2.05) is 60.0 Å². The van der Waals surface area contributed by atoms with Crippen molar-refractivity contribution in [3.8, 4) is 5.69 Å². The molecule has 0 aliphatic rings. The average molecular weight is 318 g/mol. The summed E-state index contributed by atoms with van der Waals surface area (Å²) >= 11 is 0. The van der Waals surface area contributed by atoms with Crippen molar-refractivity contribution in [2.24, 2.45) is 0 Å². The summed E-state index contributed by atoms with van der Waals surface area (Å²) in [6.07, 6.45) is 0. The minimum absolute atomic E-state index is 0.160. The number of aryl methyl sites for hydroxylation is 1.